The van der Waals surface area contributed by atoms with Crippen molar-refractivity contribution in [1.29, 1.82) is 0 Å². The summed E-state index contributed by atoms with van der Waals surface area (Å²) in [5, 5.41) is 3.06. The smallest absolute Gasteiger partial charge is 0.234 e. The van der Waals surface area contributed by atoms with Crippen molar-refractivity contribution in [3.63, 3.8) is 0 Å². The van der Waals surface area contributed by atoms with E-state index in [0.29, 0.717) is 38.0 Å². The number of hydrogen-bond acceptors (Lipinski definition) is 8. The van der Waals surface area contributed by atoms with E-state index in [1.807, 2.05) is 4.90 Å². The van der Waals surface area contributed by atoms with E-state index in [0.717, 1.165) is 18.7 Å². The molecule has 0 atom stereocenters. The van der Waals surface area contributed by atoms with Crippen LogP contribution in [-0.4, -0.2) is 56.5 Å². The van der Waals surface area contributed by atoms with Gasteiger partial charge in [-0.15, -0.1) is 0 Å². The molecule has 0 bridgehead atoms. The van der Waals surface area contributed by atoms with Crippen LogP contribution in [0.1, 0.15) is 43.8 Å². The SMILES string of the molecule is COCNc1nc(C2CCCCC2)nc(N(COC)COC)n1. The minimum absolute atomic E-state index is 0.349. The van der Waals surface area contributed by atoms with Crippen LogP contribution in [0.3, 0.4) is 0 Å². The normalized spacial score (nSPS) is 15.6. The third-order valence-corrected chi connectivity index (χ3v) is 3.84. The van der Waals surface area contributed by atoms with Crippen molar-refractivity contribution in [2.75, 3.05) is 51.7 Å². The summed E-state index contributed by atoms with van der Waals surface area (Å²) in [6.07, 6.45) is 6.00. The maximum Gasteiger partial charge on any atom is 0.234 e. The van der Waals surface area contributed by atoms with Crippen molar-refractivity contribution >= 4 is 11.9 Å². The molecule has 0 aromatic carbocycles. The van der Waals surface area contributed by atoms with Gasteiger partial charge in [-0.25, -0.2) is 0 Å². The van der Waals surface area contributed by atoms with Crippen molar-refractivity contribution in [3.05, 3.63) is 5.82 Å². The molecule has 23 heavy (non-hydrogen) atoms. The molecule has 1 N–H and O–H groups in total. The van der Waals surface area contributed by atoms with Crippen LogP contribution >= 0.6 is 0 Å². The Morgan fingerprint density at radius 2 is 1.65 bits per heavy atom. The first-order chi connectivity index (χ1) is 11.3. The second-order valence-corrected chi connectivity index (χ2v) is 5.64. The van der Waals surface area contributed by atoms with Gasteiger partial charge >= 0.3 is 0 Å². The van der Waals surface area contributed by atoms with E-state index in [-0.39, 0.29) is 0 Å². The molecule has 1 aliphatic rings. The molecule has 130 valence electrons. The zero-order chi connectivity index (χ0) is 16.5. The molecule has 0 amide bonds. The van der Waals surface area contributed by atoms with E-state index in [9.17, 15) is 0 Å². The summed E-state index contributed by atoms with van der Waals surface area (Å²) in [5.74, 6) is 2.31. The number of aromatic nitrogens is 3. The van der Waals surface area contributed by atoms with Crippen LogP contribution in [0.2, 0.25) is 0 Å². The van der Waals surface area contributed by atoms with Gasteiger partial charge in [-0.05, 0) is 12.8 Å². The largest absolute Gasteiger partial charge is 0.364 e. The van der Waals surface area contributed by atoms with Gasteiger partial charge in [0.1, 0.15) is 26.0 Å². The summed E-state index contributed by atoms with van der Waals surface area (Å²) in [5.41, 5.74) is 0. The van der Waals surface area contributed by atoms with E-state index < -0.39 is 0 Å². The number of ether oxygens (including phenoxy) is 3. The number of anilines is 2. The molecule has 1 saturated carbocycles. The number of rotatable bonds is 9. The van der Waals surface area contributed by atoms with E-state index in [1.54, 1.807) is 21.3 Å². The zero-order valence-electron chi connectivity index (χ0n) is 14.2. The molecular weight excluding hydrogens is 298 g/mol. The van der Waals surface area contributed by atoms with Gasteiger partial charge in [0.15, 0.2) is 0 Å². The fourth-order valence-corrected chi connectivity index (χ4v) is 2.75. The minimum atomic E-state index is 0.349. The molecule has 8 heteroatoms. The third-order valence-electron chi connectivity index (χ3n) is 3.84. The number of methoxy groups -OCH3 is 3. The van der Waals surface area contributed by atoms with Gasteiger partial charge in [0.25, 0.3) is 0 Å². The van der Waals surface area contributed by atoms with E-state index >= 15 is 0 Å². The van der Waals surface area contributed by atoms with Gasteiger partial charge in [0, 0.05) is 27.2 Å². The Bertz CT molecular complexity index is 462. The highest BCUT2D eigenvalue weighted by Gasteiger charge is 2.21. The van der Waals surface area contributed by atoms with Crippen LogP contribution in [0.25, 0.3) is 0 Å². The lowest BCUT2D eigenvalue weighted by Gasteiger charge is -2.24. The monoisotopic (exact) mass is 325 g/mol. The van der Waals surface area contributed by atoms with Crippen LogP contribution in [0.15, 0.2) is 0 Å². The first-order valence-electron chi connectivity index (χ1n) is 8.00. The number of nitrogens with one attached hydrogen (secondary N) is 1. The molecule has 1 fully saturated rings. The highest BCUT2D eigenvalue weighted by molar-refractivity contribution is 5.37. The molecule has 1 heterocycles. The summed E-state index contributed by atoms with van der Waals surface area (Å²) in [6, 6.07) is 0. The van der Waals surface area contributed by atoms with Gasteiger partial charge in [0.2, 0.25) is 11.9 Å². The summed E-state index contributed by atoms with van der Waals surface area (Å²) >= 11 is 0. The quantitative estimate of drug-likeness (QED) is 0.690. The van der Waals surface area contributed by atoms with Crippen molar-refractivity contribution in [1.82, 2.24) is 15.0 Å². The maximum atomic E-state index is 5.22. The Morgan fingerprint density at radius 1 is 0.957 bits per heavy atom. The molecule has 8 nitrogen and oxygen atoms in total. The highest BCUT2D eigenvalue weighted by Crippen LogP contribution is 2.31. The Kier molecular flexibility index (Phi) is 7.44. The second-order valence-electron chi connectivity index (χ2n) is 5.64. The van der Waals surface area contributed by atoms with E-state index in [1.165, 1.54) is 19.3 Å². The molecular formula is C15H27N5O3. The van der Waals surface area contributed by atoms with Gasteiger partial charge in [-0.1, -0.05) is 19.3 Å². The molecule has 1 aromatic heterocycles. The molecule has 1 aliphatic carbocycles. The van der Waals surface area contributed by atoms with Crippen molar-refractivity contribution in [2.24, 2.45) is 0 Å². The fraction of sp³-hybridized carbons (Fsp3) is 0.800. The van der Waals surface area contributed by atoms with Crippen molar-refractivity contribution < 1.29 is 14.2 Å². The predicted molar refractivity (Wildman–Crippen MR) is 87.4 cm³/mol. The van der Waals surface area contributed by atoms with Crippen LogP contribution in [0, 0.1) is 0 Å². The third kappa shape index (κ3) is 5.26. The lowest BCUT2D eigenvalue weighted by Crippen LogP contribution is -2.30. The number of hydrogen-bond donors (Lipinski definition) is 1. The van der Waals surface area contributed by atoms with Gasteiger partial charge < -0.3 is 19.5 Å². The lowest BCUT2D eigenvalue weighted by atomic mass is 9.89. The van der Waals surface area contributed by atoms with Crippen molar-refractivity contribution in [2.45, 2.75) is 38.0 Å². The Hall–Kier alpha value is -1.51. The van der Waals surface area contributed by atoms with Gasteiger partial charge in [0.05, 0.1) is 0 Å². The molecule has 1 aromatic rings. The fourth-order valence-electron chi connectivity index (χ4n) is 2.75. The average Bonchev–Trinajstić information content (AvgIpc) is 2.60. The van der Waals surface area contributed by atoms with Crippen LogP contribution < -0.4 is 10.2 Å². The van der Waals surface area contributed by atoms with E-state index in [4.69, 9.17) is 14.2 Å². The Labute approximate surface area is 137 Å². The molecule has 0 unspecified atom stereocenters. The summed E-state index contributed by atoms with van der Waals surface area (Å²) < 4.78 is 15.5. The standard InChI is InChI=1S/C15H27N5O3/c1-21-9-16-14-17-13(12-7-5-4-6-8-12)18-15(19-14)20(10-22-2)11-23-3/h12H,4-11H2,1-3H3,(H,16,17,18,19). The maximum absolute atomic E-state index is 5.22. The highest BCUT2D eigenvalue weighted by atomic mass is 16.5. The molecule has 0 aliphatic heterocycles. The van der Waals surface area contributed by atoms with Crippen LogP contribution in [0.4, 0.5) is 11.9 Å². The summed E-state index contributed by atoms with van der Waals surface area (Å²) in [4.78, 5) is 15.5. The predicted octanol–water partition coefficient (Wildman–Crippen LogP) is 1.95. The Morgan fingerprint density at radius 3 is 2.26 bits per heavy atom. The lowest BCUT2D eigenvalue weighted by molar-refractivity contribution is 0.138. The molecule has 2 rings (SSSR count). The second kappa shape index (κ2) is 9.59. The van der Waals surface area contributed by atoms with Crippen LogP contribution in [0.5, 0.6) is 0 Å². The first kappa shape index (κ1) is 17.8. The zero-order valence-corrected chi connectivity index (χ0v) is 14.2. The Balaban J connectivity index is 2.26. The summed E-state index contributed by atoms with van der Waals surface area (Å²) in [7, 11) is 4.89. The topological polar surface area (TPSA) is 81.6 Å². The van der Waals surface area contributed by atoms with Crippen LogP contribution in [-0.2, 0) is 14.2 Å². The first-order valence-corrected chi connectivity index (χ1v) is 8.00. The summed E-state index contributed by atoms with van der Waals surface area (Å²) in [6.45, 7) is 1.06. The number of nitrogens with zero attached hydrogens (tertiary/aromatic N) is 4. The molecule has 0 radical (unpaired) electrons. The van der Waals surface area contributed by atoms with Gasteiger partial charge in [-0.3, -0.25) is 4.90 Å². The van der Waals surface area contributed by atoms with E-state index in [2.05, 4.69) is 20.3 Å². The van der Waals surface area contributed by atoms with Gasteiger partial charge in [-0.2, -0.15) is 15.0 Å². The molecule has 0 saturated heterocycles. The van der Waals surface area contributed by atoms with Crippen molar-refractivity contribution in [3.8, 4) is 0 Å². The minimum Gasteiger partial charge on any atom is -0.364 e. The molecule has 0 spiro atoms. The average molecular weight is 325 g/mol.